The van der Waals surface area contributed by atoms with Crippen molar-refractivity contribution in [2.45, 2.75) is 44.2 Å². The van der Waals surface area contributed by atoms with Crippen molar-refractivity contribution in [3.63, 3.8) is 0 Å². The van der Waals surface area contributed by atoms with Crippen LogP contribution in [0.15, 0.2) is 77.7 Å². The van der Waals surface area contributed by atoms with Crippen molar-refractivity contribution >= 4 is 21.8 Å². The Kier molecular flexibility index (Phi) is 7.86. The maximum absolute atomic E-state index is 12.9. The van der Waals surface area contributed by atoms with Gasteiger partial charge in [0.1, 0.15) is 0 Å². The smallest absolute Gasteiger partial charge is 0.238 e. The third-order valence-corrected chi connectivity index (χ3v) is 7.67. The van der Waals surface area contributed by atoms with Crippen LogP contribution in [0.3, 0.4) is 0 Å². The summed E-state index contributed by atoms with van der Waals surface area (Å²) in [4.78, 5) is 25.8. The van der Waals surface area contributed by atoms with Gasteiger partial charge in [0, 0.05) is 30.5 Å². The van der Waals surface area contributed by atoms with Crippen LogP contribution < -0.4 is 15.8 Å². The van der Waals surface area contributed by atoms with E-state index in [0.29, 0.717) is 31.5 Å². The van der Waals surface area contributed by atoms with Crippen LogP contribution in [0.25, 0.3) is 11.1 Å². The van der Waals surface area contributed by atoms with E-state index < -0.39 is 10.0 Å². The fourth-order valence-corrected chi connectivity index (χ4v) is 5.45. The second kappa shape index (κ2) is 11.1. The minimum absolute atomic E-state index is 0.0685. The van der Waals surface area contributed by atoms with Crippen LogP contribution in [0.5, 0.6) is 0 Å². The molecule has 3 aromatic carbocycles. The summed E-state index contributed by atoms with van der Waals surface area (Å²) in [6.07, 6.45) is 2.24. The van der Waals surface area contributed by atoms with Crippen molar-refractivity contribution < 1.29 is 18.0 Å². The first-order valence-corrected chi connectivity index (χ1v) is 13.6. The van der Waals surface area contributed by atoms with Crippen molar-refractivity contribution in [3.05, 3.63) is 89.5 Å². The molecule has 1 fully saturated rings. The van der Waals surface area contributed by atoms with Gasteiger partial charge in [0.25, 0.3) is 0 Å². The van der Waals surface area contributed by atoms with Gasteiger partial charge >= 0.3 is 0 Å². The zero-order valence-electron chi connectivity index (χ0n) is 20.2. The molecule has 2 atom stereocenters. The van der Waals surface area contributed by atoms with E-state index in [-0.39, 0.29) is 28.5 Å². The zero-order valence-corrected chi connectivity index (χ0v) is 21.1. The third kappa shape index (κ3) is 6.19. The third-order valence-electron chi connectivity index (χ3n) is 6.70. The van der Waals surface area contributed by atoms with E-state index in [0.717, 1.165) is 23.1 Å². The predicted molar refractivity (Wildman–Crippen MR) is 139 cm³/mol. The zero-order chi connectivity index (χ0) is 25.7. The highest BCUT2D eigenvalue weighted by Gasteiger charge is 2.37. The normalized spacial score (nSPS) is 17.5. The number of benzene rings is 3. The Balaban J connectivity index is 1.34. The van der Waals surface area contributed by atoms with E-state index in [1.165, 1.54) is 11.6 Å². The molecule has 0 spiro atoms. The number of carbonyl (C=O) groups excluding carboxylic acids is 2. The lowest BCUT2D eigenvalue weighted by atomic mass is 9.94. The number of primary sulfonamides is 1. The average Bonchev–Trinajstić information content (AvgIpc) is 3.37. The van der Waals surface area contributed by atoms with Crippen LogP contribution >= 0.6 is 0 Å². The number of aryl methyl sites for hydroxylation is 1. The summed E-state index contributed by atoms with van der Waals surface area (Å²) >= 11 is 0. The molecular formula is C28H31N3O4S. The minimum Gasteiger partial charge on any atom is -0.352 e. The van der Waals surface area contributed by atoms with Gasteiger partial charge in [-0.15, -0.1) is 0 Å². The molecule has 188 valence electrons. The second-order valence-corrected chi connectivity index (χ2v) is 10.8. The molecule has 7 nitrogen and oxygen atoms in total. The molecule has 4 rings (SSSR count). The van der Waals surface area contributed by atoms with E-state index >= 15 is 0 Å². The lowest BCUT2D eigenvalue weighted by molar-refractivity contribution is -0.133. The number of sulfonamides is 1. The van der Waals surface area contributed by atoms with Crippen molar-refractivity contribution in [3.8, 4) is 11.1 Å². The van der Waals surface area contributed by atoms with Crippen LogP contribution in [0.1, 0.15) is 36.0 Å². The van der Waals surface area contributed by atoms with Crippen molar-refractivity contribution in [1.82, 2.24) is 10.6 Å². The van der Waals surface area contributed by atoms with E-state index in [9.17, 15) is 18.0 Å². The monoisotopic (exact) mass is 505 g/mol. The van der Waals surface area contributed by atoms with Crippen LogP contribution in [0, 0.1) is 18.8 Å². The SMILES string of the molecule is Cc1ccc(CNC(=O)[C@@H]2CCC[C@H]2C(=O)NCc2ccc(-c3ccccc3S(N)(=O)=O)cc2)cc1. The molecule has 0 bridgehead atoms. The maximum Gasteiger partial charge on any atom is 0.238 e. The largest absolute Gasteiger partial charge is 0.352 e. The number of carbonyl (C=O) groups is 2. The van der Waals surface area contributed by atoms with Crippen molar-refractivity contribution in [1.29, 1.82) is 0 Å². The minimum atomic E-state index is -3.85. The number of hydrogen-bond donors (Lipinski definition) is 3. The van der Waals surface area contributed by atoms with E-state index in [1.807, 2.05) is 55.5 Å². The molecule has 0 radical (unpaired) electrons. The quantitative estimate of drug-likeness (QED) is 0.433. The van der Waals surface area contributed by atoms with Gasteiger partial charge in [-0.2, -0.15) is 0 Å². The molecule has 0 unspecified atom stereocenters. The number of rotatable bonds is 8. The lowest BCUT2D eigenvalue weighted by Crippen LogP contribution is -2.39. The van der Waals surface area contributed by atoms with Gasteiger partial charge in [0.15, 0.2) is 0 Å². The van der Waals surface area contributed by atoms with E-state index in [2.05, 4.69) is 10.6 Å². The highest BCUT2D eigenvalue weighted by Crippen LogP contribution is 2.32. The Morgan fingerprint density at radius 1 is 0.806 bits per heavy atom. The Labute approximate surface area is 212 Å². The van der Waals surface area contributed by atoms with Crippen LogP contribution in [0.2, 0.25) is 0 Å². The first-order valence-electron chi connectivity index (χ1n) is 12.0. The Morgan fingerprint density at radius 3 is 1.83 bits per heavy atom. The van der Waals surface area contributed by atoms with Crippen LogP contribution in [-0.4, -0.2) is 20.2 Å². The van der Waals surface area contributed by atoms with Gasteiger partial charge in [0.2, 0.25) is 21.8 Å². The molecule has 1 aliphatic rings. The van der Waals surface area contributed by atoms with Crippen LogP contribution in [0.4, 0.5) is 0 Å². The topological polar surface area (TPSA) is 118 Å². The number of nitrogens with two attached hydrogens (primary N) is 1. The summed E-state index contributed by atoms with van der Waals surface area (Å²) in [6.45, 7) is 2.79. The Morgan fingerprint density at radius 2 is 1.31 bits per heavy atom. The molecule has 8 heteroatoms. The van der Waals surface area contributed by atoms with Crippen molar-refractivity contribution in [2.75, 3.05) is 0 Å². The number of nitrogens with one attached hydrogen (secondary N) is 2. The molecular weight excluding hydrogens is 474 g/mol. The molecule has 4 N–H and O–H groups in total. The van der Waals surface area contributed by atoms with Gasteiger partial charge in [-0.05, 0) is 42.5 Å². The van der Waals surface area contributed by atoms with Gasteiger partial charge in [0.05, 0.1) is 4.90 Å². The Hall–Kier alpha value is -3.49. The fourth-order valence-electron chi connectivity index (χ4n) is 4.69. The van der Waals surface area contributed by atoms with Crippen LogP contribution in [-0.2, 0) is 32.7 Å². The lowest BCUT2D eigenvalue weighted by Gasteiger charge is -2.19. The molecule has 0 aliphatic heterocycles. The molecule has 0 saturated heterocycles. The summed E-state index contributed by atoms with van der Waals surface area (Å²) in [5.41, 5.74) is 4.32. The standard InChI is InChI=1S/C28H31N3O4S/c1-19-9-11-20(12-10-19)17-30-27(32)24-6-4-7-25(24)28(33)31-18-21-13-15-22(16-14-21)23-5-2-3-8-26(23)36(29,34)35/h2-3,5,8-16,24-25H,4,6-7,17-18H2,1H3,(H,30,32)(H,31,33)(H2,29,34,35)/t24-,25-/m1/s1. The van der Waals surface area contributed by atoms with Gasteiger partial charge < -0.3 is 10.6 Å². The first-order chi connectivity index (χ1) is 17.2. The van der Waals surface area contributed by atoms with Gasteiger partial charge in [-0.3, -0.25) is 9.59 Å². The summed E-state index contributed by atoms with van der Waals surface area (Å²) < 4.78 is 23.8. The number of hydrogen-bond acceptors (Lipinski definition) is 4. The maximum atomic E-state index is 12.9. The van der Waals surface area contributed by atoms with Gasteiger partial charge in [-0.25, -0.2) is 13.6 Å². The molecule has 36 heavy (non-hydrogen) atoms. The molecule has 0 aromatic heterocycles. The highest BCUT2D eigenvalue weighted by atomic mass is 32.2. The molecule has 1 aliphatic carbocycles. The molecule has 2 amide bonds. The van der Waals surface area contributed by atoms with E-state index in [1.54, 1.807) is 18.2 Å². The van der Waals surface area contributed by atoms with Crippen molar-refractivity contribution in [2.24, 2.45) is 17.0 Å². The van der Waals surface area contributed by atoms with Gasteiger partial charge in [-0.1, -0.05) is 78.7 Å². The highest BCUT2D eigenvalue weighted by molar-refractivity contribution is 7.89. The second-order valence-electron chi connectivity index (χ2n) is 9.30. The molecule has 3 aromatic rings. The average molecular weight is 506 g/mol. The Bertz CT molecular complexity index is 1340. The number of amides is 2. The first kappa shape index (κ1) is 25.6. The fraction of sp³-hybridized carbons (Fsp3) is 0.286. The molecule has 1 saturated carbocycles. The summed E-state index contributed by atoms with van der Waals surface area (Å²) in [5.74, 6) is -0.866. The summed E-state index contributed by atoms with van der Waals surface area (Å²) in [7, 11) is -3.85. The summed E-state index contributed by atoms with van der Waals surface area (Å²) in [5, 5.41) is 11.3. The summed E-state index contributed by atoms with van der Waals surface area (Å²) in [6, 6.07) is 21.9. The molecule has 0 heterocycles. The predicted octanol–water partition coefficient (Wildman–Crippen LogP) is 3.66. The van der Waals surface area contributed by atoms with E-state index in [4.69, 9.17) is 5.14 Å².